The number of rotatable bonds is 9. The Morgan fingerprint density at radius 2 is 1.74 bits per heavy atom. The SMILES string of the molecule is COc1ccc(OC)c(/C=C/C(=O)OC(C)C(=O)Nc2ccc(S(=O)(=O)N3CCOCC3)cc2)c1. The highest BCUT2D eigenvalue weighted by molar-refractivity contribution is 7.89. The normalized spacial score (nSPS) is 15.4. The molecule has 1 heterocycles. The third-order valence-corrected chi connectivity index (χ3v) is 7.14. The highest BCUT2D eigenvalue weighted by Crippen LogP contribution is 2.25. The van der Waals surface area contributed by atoms with Gasteiger partial charge in [0.05, 0.1) is 32.3 Å². The molecule has 2 aromatic rings. The van der Waals surface area contributed by atoms with Crippen molar-refractivity contribution in [2.75, 3.05) is 45.8 Å². The maximum atomic E-state index is 12.7. The minimum absolute atomic E-state index is 0.120. The van der Waals surface area contributed by atoms with Gasteiger partial charge in [0.25, 0.3) is 5.91 Å². The largest absolute Gasteiger partial charge is 0.497 e. The number of hydrogen-bond donors (Lipinski definition) is 1. The molecule has 1 atom stereocenters. The summed E-state index contributed by atoms with van der Waals surface area (Å²) in [5.41, 5.74) is 0.975. The first kappa shape index (κ1) is 26.2. The molecule has 10 nitrogen and oxygen atoms in total. The van der Waals surface area contributed by atoms with Crippen molar-refractivity contribution in [2.24, 2.45) is 0 Å². The van der Waals surface area contributed by atoms with Gasteiger partial charge in [-0.05, 0) is 55.5 Å². The molecule has 0 aromatic heterocycles. The van der Waals surface area contributed by atoms with Gasteiger partial charge in [0.1, 0.15) is 11.5 Å². The van der Waals surface area contributed by atoms with Crippen LogP contribution in [0.15, 0.2) is 53.4 Å². The molecule has 1 amide bonds. The number of nitrogens with zero attached hydrogens (tertiary/aromatic N) is 1. The quantitative estimate of drug-likeness (QED) is 0.408. The van der Waals surface area contributed by atoms with E-state index >= 15 is 0 Å². The molecule has 11 heteroatoms. The first-order valence-corrected chi connectivity index (χ1v) is 12.3. The predicted molar refractivity (Wildman–Crippen MR) is 129 cm³/mol. The summed E-state index contributed by atoms with van der Waals surface area (Å²) < 4.78 is 47.5. The number of sulfonamides is 1. The molecule has 1 fully saturated rings. The summed E-state index contributed by atoms with van der Waals surface area (Å²) in [4.78, 5) is 24.8. The molecular weight excluding hydrogens is 476 g/mol. The maximum absolute atomic E-state index is 12.7. The van der Waals surface area contributed by atoms with Crippen LogP contribution in [0.3, 0.4) is 0 Å². The summed E-state index contributed by atoms with van der Waals surface area (Å²) in [5.74, 6) is -0.144. The Morgan fingerprint density at radius 1 is 1.06 bits per heavy atom. The highest BCUT2D eigenvalue weighted by Gasteiger charge is 2.26. The number of carbonyl (C=O) groups is 2. The van der Waals surface area contributed by atoms with Gasteiger partial charge >= 0.3 is 5.97 Å². The Labute approximate surface area is 204 Å². The average molecular weight is 505 g/mol. The maximum Gasteiger partial charge on any atom is 0.331 e. The van der Waals surface area contributed by atoms with Crippen molar-refractivity contribution in [3.63, 3.8) is 0 Å². The van der Waals surface area contributed by atoms with Crippen LogP contribution in [0.4, 0.5) is 5.69 Å². The minimum atomic E-state index is -3.63. The summed E-state index contributed by atoms with van der Waals surface area (Å²) in [6.07, 6.45) is 1.60. The molecule has 1 aliphatic rings. The molecule has 0 spiro atoms. The summed E-state index contributed by atoms with van der Waals surface area (Å²) in [5, 5.41) is 2.61. The molecule has 0 radical (unpaired) electrons. The fraction of sp³-hybridized carbons (Fsp3) is 0.333. The lowest BCUT2D eigenvalue weighted by Gasteiger charge is -2.26. The van der Waals surface area contributed by atoms with E-state index < -0.39 is 28.0 Å². The van der Waals surface area contributed by atoms with Crippen LogP contribution >= 0.6 is 0 Å². The van der Waals surface area contributed by atoms with Crippen molar-refractivity contribution in [3.8, 4) is 11.5 Å². The third-order valence-electron chi connectivity index (χ3n) is 5.23. The lowest BCUT2D eigenvalue weighted by molar-refractivity contribution is -0.148. The summed E-state index contributed by atoms with van der Waals surface area (Å²) in [6, 6.07) is 10.9. The average Bonchev–Trinajstić information content (AvgIpc) is 2.88. The number of methoxy groups -OCH3 is 2. The van der Waals surface area contributed by atoms with E-state index in [4.69, 9.17) is 18.9 Å². The Balaban J connectivity index is 1.57. The van der Waals surface area contributed by atoms with Gasteiger partial charge in [0.15, 0.2) is 6.10 Å². The molecule has 0 bridgehead atoms. The lowest BCUT2D eigenvalue weighted by atomic mass is 10.1. The van der Waals surface area contributed by atoms with Crippen molar-refractivity contribution in [3.05, 3.63) is 54.1 Å². The van der Waals surface area contributed by atoms with Crippen LogP contribution < -0.4 is 14.8 Å². The number of benzene rings is 2. The Morgan fingerprint density at radius 3 is 2.37 bits per heavy atom. The zero-order valence-electron chi connectivity index (χ0n) is 19.7. The Hall–Kier alpha value is -3.41. The van der Waals surface area contributed by atoms with E-state index in [0.717, 1.165) is 0 Å². The van der Waals surface area contributed by atoms with Gasteiger partial charge in [0.2, 0.25) is 10.0 Å². The van der Waals surface area contributed by atoms with Gasteiger partial charge in [0, 0.05) is 30.4 Å². The second kappa shape index (κ2) is 11.8. The van der Waals surface area contributed by atoms with E-state index in [2.05, 4.69) is 5.32 Å². The van der Waals surface area contributed by atoms with Gasteiger partial charge in [-0.25, -0.2) is 13.2 Å². The number of anilines is 1. The van der Waals surface area contributed by atoms with Crippen LogP contribution in [0.2, 0.25) is 0 Å². The van der Waals surface area contributed by atoms with Gasteiger partial charge in [-0.15, -0.1) is 0 Å². The van der Waals surface area contributed by atoms with Crippen molar-refractivity contribution >= 4 is 33.7 Å². The summed E-state index contributed by atoms with van der Waals surface area (Å²) in [6.45, 7) is 2.73. The molecule has 2 aromatic carbocycles. The van der Waals surface area contributed by atoms with E-state index in [1.165, 1.54) is 61.9 Å². The van der Waals surface area contributed by atoms with Crippen molar-refractivity contribution in [1.82, 2.24) is 4.31 Å². The number of carbonyl (C=O) groups excluding carboxylic acids is 2. The standard InChI is InChI=1S/C24H28N2O8S/c1-17(34-23(27)11-4-18-16-20(31-2)7-10-22(18)32-3)24(28)25-19-5-8-21(9-6-19)35(29,30)26-12-14-33-15-13-26/h4-11,16-17H,12-15H2,1-3H3,(H,25,28)/b11-4+. The molecule has 188 valence electrons. The summed E-state index contributed by atoms with van der Waals surface area (Å²) >= 11 is 0. The topological polar surface area (TPSA) is 120 Å². The number of ether oxygens (including phenoxy) is 4. The lowest BCUT2D eigenvalue weighted by Crippen LogP contribution is -2.40. The first-order chi connectivity index (χ1) is 16.7. The molecule has 0 saturated carbocycles. The first-order valence-electron chi connectivity index (χ1n) is 10.8. The van der Waals surface area contributed by atoms with E-state index in [1.54, 1.807) is 18.2 Å². The monoisotopic (exact) mass is 504 g/mol. The molecule has 3 rings (SSSR count). The van der Waals surface area contributed by atoms with Crippen molar-refractivity contribution in [1.29, 1.82) is 0 Å². The number of nitrogens with one attached hydrogen (secondary N) is 1. The van der Waals surface area contributed by atoms with Gasteiger partial charge in [-0.3, -0.25) is 4.79 Å². The minimum Gasteiger partial charge on any atom is -0.497 e. The molecule has 1 aliphatic heterocycles. The van der Waals surface area contributed by atoms with Crippen LogP contribution in [0.25, 0.3) is 6.08 Å². The molecule has 1 N–H and O–H groups in total. The smallest absolute Gasteiger partial charge is 0.331 e. The Bertz CT molecular complexity index is 1170. The molecule has 1 saturated heterocycles. The van der Waals surface area contributed by atoms with E-state index in [0.29, 0.717) is 49.1 Å². The molecule has 1 unspecified atom stereocenters. The number of hydrogen-bond acceptors (Lipinski definition) is 8. The van der Waals surface area contributed by atoms with Crippen LogP contribution in [0.5, 0.6) is 11.5 Å². The van der Waals surface area contributed by atoms with Crippen LogP contribution in [-0.2, 0) is 29.1 Å². The van der Waals surface area contributed by atoms with Crippen LogP contribution in [0, 0.1) is 0 Å². The van der Waals surface area contributed by atoms with Gasteiger partial charge in [-0.2, -0.15) is 4.31 Å². The van der Waals surface area contributed by atoms with Crippen molar-refractivity contribution in [2.45, 2.75) is 17.9 Å². The van der Waals surface area contributed by atoms with Gasteiger partial charge < -0.3 is 24.3 Å². The van der Waals surface area contributed by atoms with Crippen LogP contribution in [-0.4, -0.2) is 71.2 Å². The molecular formula is C24H28N2O8S. The zero-order valence-corrected chi connectivity index (χ0v) is 20.5. The Kier molecular flexibility index (Phi) is 8.85. The van der Waals surface area contributed by atoms with E-state index in [9.17, 15) is 18.0 Å². The highest BCUT2D eigenvalue weighted by atomic mass is 32.2. The van der Waals surface area contributed by atoms with Gasteiger partial charge in [-0.1, -0.05) is 0 Å². The predicted octanol–water partition coefficient (Wildman–Crippen LogP) is 2.31. The van der Waals surface area contributed by atoms with E-state index in [-0.39, 0.29) is 4.90 Å². The van der Waals surface area contributed by atoms with Crippen LogP contribution in [0.1, 0.15) is 12.5 Å². The second-order valence-corrected chi connectivity index (χ2v) is 9.49. The fourth-order valence-electron chi connectivity index (χ4n) is 3.28. The number of amides is 1. The zero-order chi connectivity index (χ0) is 25.4. The van der Waals surface area contributed by atoms with E-state index in [1.807, 2.05) is 0 Å². The fourth-order valence-corrected chi connectivity index (χ4v) is 4.69. The summed E-state index contributed by atoms with van der Waals surface area (Å²) in [7, 11) is -0.595. The molecule has 35 heavy (non-hydrogen) atoms. The number of esters is 1. The number of morpholine rings is 1. The van der Waals surface area contributed by atoms with Crippen molar-refractivity contribution < 1.29 is 37.0 Å². The second-order valence-electron chi connectivity index (χ2n) is 7.55. The third kappa shape index (κ3) is 6.81. The molecule has 0 aliphatic carbocycles.